The third-order valence-electron chi connectivity index (χ3n) is 1.71. The quantitative estimate of drug-likeness (QED) is 0.796. The summed E-state index contributed by atoms with van der Waals surface area (Å²) in [5.41, 5.74) is 0. The lowest BCUT2D eigenvalue weighted by molar-refractivity contribution is 0.317. The van der Waals surface area contributed by atoms with Crippen molar-refractivity contribution in [3.63, 3.8) is 0 Å². The van der Waals surface area contributed by atoms with Crippen molar-refractivity contribution in [1.29, 1.82) is 0 Å². The van der Waals surface area contributed by atoms with Crippen molar-refractivity contribution in [2.24, 2.45) is 0 Å². The number of ether oxygens (including phenoxy) is 1. The Morgan fingerprint density at radius 2 is 1.88 bits per heavy atom. The van der Waals surface area contributed by atoms with Gasteiger partial charge in [0.05, 0.1) is 16.7 Å². The van der Waals surface area contributed by atoms with Gasteiger partial charge in [-0.15, -0.1) is 0 Å². The molecule has 0 amide bonds. The van der Waals surface area contributed by atoms with Crippen LogP contribution in [0.5, 0.6) is 5.75 Å². The molecule has 7 heteroatoms. The second-order valence-corrected chi connectivity index (χ2v) is 6.35. The molecule has 90 valence electrons. The standard InChI is InChI=1S/C9H9Cl3O3S/c1-2-3-15-8-4-7(11)9(5-6(8)10)16(12,13)14/h4-5H,2-3H2,1H3. The normalized spacial score (nSPS) is 11.5. The van der Waals surface area contributed by atoms with Crippen molar-refractivity contribution in [2.45, 2.75) is 18.2 Å². The molecule has 1 rings (SSSR count). The van der Waals surface area contributed by atoms with Gasteiger partial charge in [0.1, 0.15) is 10.6 Å². The predicted molar refractivity (Wildman–Crippen MR) is 65.3 cm³/mol. The van der Waals surface area contributed by atoms with Gasteiger partial charge in [0.2, 0.25) is 0 Å². The summed E-state index contributed by atoms with van der Waals surface area (Å²) in [6, 6.07) is 2.52. The lowest BCUT2D eigenvalue weighted by Gasteiger charge is -2.09. The third kappa shape index (κ3) is 3.42. The van der Waals surface area contributed by atoms with E-state index in [1.807, 2.05) is 6.92 Å². The Bertz CT molecular complexity index is 485. The third-order valence-corrected chi connectivity index (χ3v) is 3.79. The Hall–Kier alpha value is -0.160. The minimum absolute atomic E-state index is 0.00879. The van der Waals surface area contributed by atoms with Crippen LogP contribution in [0.4, 0.5) is 0 Å². The van der Waals surface area contributed by atoms with E-state index in [1.165, 1.54) is 12.1 Å². The van der Waals surface area contributed by atoms with Gasteiger partial charge in [-0.1, -0.05) is 30.1 Å². The van der Waals surface area contributed by atoms with Crippen LogP contribution in [0.25, 0.3) is 0 Å². The zero-order valence-corrected chi connectivity index (χ0v) is 11.4. The average molecular weight is 304 g/mol. The van der Waals surface area contributed by atoms with Gasteiger partial charge in [-0.05, 0) is 12.5 Å². The Morgan fingerprint density at radius 1 is 1.25 bits per heavy atom. The van der Waals surface area contributed by atoms with Crippen molar-refractivity contribution >= 4 is 42.9 Å². The maximum Gasteiger partial charge on any atom is 0.262 e. The summed E-state index contributed by atoms with van der Waals surface area (Å²) in [5.74, 6) is 0.345. The van der Waals surface area contributed by atoms with Crippen LogP contribution in [0.15, 0.2) is 17.0 Å². The Labute approximate surface area is 109 Å². The van der Waals surface area contributed by atoms with Crippen LogP contribution in [-0.2, 0) is 9.05 Å². The number of hydrogen-bond donors (Lipinski definition) is 0. The van der Waals surface area contributed by atoms with Gasteiger partial charge in [0.15, 0.2) is 0 Å². The van der Waals surface area contributed by atoms with Crippen molar-refractivity contribution < 1.29 is 13.2 Å². The highest BCUT2D eigenvalue weighted by Gasteiger charge is 2.18. The second-order valence-electron chi connectivity index (χ2n) is 3.00. The van der Waals surface area contributed by atoms with E-state index in [0.29, 0.717) is 12.4 Å². The molecule has 0 saturated heterocycles. The molecule has 3 nitrogen and oxygen atoms in total. The van der Waals surface area contributed by atoms with E-state index in [0.717, 1.165) is 6.42 Å². The first kappa shape index (κ1) is 13.9. The molecule has 0 aliphatic rings. The van der Waals surface area contributed by atoms with Gasteiger partial charge >= 0.3 is 0 Å². The van der Waals surface area contributed by atoms with Gasteiger partial charge in [0.25, 0.3) is 9.05 Å². The largest absolute Gasteiger partial charge is 0.492 e. The molecule has 1 aromatic rings. The molecule has 0 bridgehead atoms. The second kappa shape index (κ2) is 5.45. The van der Waals surface area contributed by atoms with E-state index < -0.39 is 9.05 Å². The summed E-state index contributed by atoms with van der Waals surface area (Å²) in [6.45, 7) is 2.41. The van der Waals surface area contributed by atoms with E-state index in [9.17, 15) is 8.42 Å². The van der Waals surface area contributed by atoms with Gasteiger partial charge < -0.3 is 4.74 Å². The Morgan fingerprint density at radius 3 is 2.38 bits per heavy atom. The zero-order chi connectivity index (χ0) is 12.3. The number of rotatable bonds is 4. The highest BCUT2D eigenvalue weighted by molar-refractivity contribution is 8.13. The van der Waals surface area contributed by atoms with Gasteiger partial charge in [-0.2, -0.15) is 0 Å². The van der Waals surface area contributed by atoms with Gasteiger partial charge in [-0.25, -0.2) is 8.42 Å². The first-order chi connectivity index (χ1) is 7.36. The number of hydrogen-bond acceptors (Lipinski definition) is 3. The molecular weight excluding hydrogens is 295 g/mol. The fourth-order valence-electron chi connectivity index (χ4n) is 1.02. The topological polar surface area (TPSA) is 43.4 Å². The van der Waals surface area contributed by atoms with Crippen molar-refractivity contribution in [1.82, 2.24) is 0 Å². The average Bonchev–Trinajstić information content (AvgIpc) is 2.17. The molecule has 0 aliphatic heterocycles. The van der Waals surface area contributed by atoms with E-state index >= 15 is 0 Å². The molecule has 0 atom stereocenters. The summed E-state index contributed by atoms with van der Waals surface area (Å²) in [7, 11) is 1.29. The SMILES string of the molecule is CCCOc1cc(Cl)c(S(=O)(=O)Cl)cc1Cl. The van der Waals surface area contributed by atoms with Crippen LogP contribution >= 0.6 is 33.9 Å². The van der Waals surface area contributed by atoms with Crippen LogP contribution in [0.1, 0.15) is 13.3 Å². The van der Waals surface area contributed by atoms with Crippen molar-refractivity contribution in [3.8, 4) is 5.75 Å². The Kier molecular flexibility index (Phi) is 4.73. The monoisotopic (exact) mass is 302 g/mol. The minimum Gasteiger partial charge on any atom is -0.492 e. The predicted octanol–water partition coefficient (Wildman–Crippen LogP) is 3.71. The lowest BCUT2D eigenvalue weighted by Crippen LogP contribution is -1.98. The molecule has 0 radical (unpaired) electrons. The van der Waals surface area contributed by atoms with Gasteiger partial charge in [-0.3, -0.25) is 0 Å². The molecule has 0 unspecified atom stereocenters. The minimum atomic E-state index is -3.89. The van der Waals surface area contributed by atoms with Crippen molar-refractivity contribution in [2.75, 3.05) is 6.61 Å². The molecular formula is C9H9Cl3O3S. The number of benzene rings is 1. The summed E-state index contributed by atoms with van der Waals surface area (Å²) in [6.07, 6.45) is 0.809. The molecule has 0 aromatic heterocycles. The van der Waals surface area contributed by atoms with Crippen LogP contribution in [0.3, 0.4) is 0 Å². The molecule has 0 aliphatic carbocycles. The van der Waals surface area contributed by atoms with Crippen LogP contribution in [0, 0.1) is 0 Å². The van der Waals surface area contributed by atoms with E-state index in [1.54, 1.807) is 0 Å². The first-order valence-corrected chi connectivity index (χ1v) is 7.49. The van der Waals surface area contributed by atoms with Crippen molar-refractivity contribution in [3.05, 3.63) is 22.2 Å². The summed E-state index contributed by atoms with van der Waals surface area (Å²) in [5, 5.41) is 0.155. The van der Waals surface area contributed by atoms with E-state index in [2.05, 4.69) is 0 Å². The highest BCUT2D eigenvalue weighted by atomic mass is 35.7. The maximum atomic E-state index is 11.1. The zero-order valence-electron chi connectivity index (χ0n) is 8.34. The highest BCUT2D eigenvalue weighted by Crippen LogP contribution is 2.34. The molecule has 1 aromatic carbocycles. The summed E-state index contributed by atoms with van der Waals surface area (Å²) < 4.78 is 27.5. The first-order valence-electron chi connectivity index (χ1n) is 4.42. The fraction of sp³-hybridized carbons (Fsp3) is 0.333. The van der Waals surface area contributed by atoms with Gasteiger partial charge in [0, 0.05) is 16.7 Å². The molecule has 0 fully saturated rings. The maximum absolute atomic E-state index is 11.1. The van der Waals surface area contributed by atoms with E-state index in [4.69, 9.17) is 38.6 Å². The number of halogens is 3. The molecule has 0 saturated carbocycles. The Balaban J connectivity index is 3.17. The molecule has 16 heavy (non-hydrogen) atoms. The van der Waals surface area contributed by atoms with Crippen LogP contribution < -0.4 is 4.74 Å². The molecule has 0 heterocycles. The van der Waals surface area contributed by atoms with Crippen LogP contribution in [0.2, 0.25) is 10.0 Å². The smallest absolute Gasteiger partial charge is 0.262 e. The van der Waals surface area contributed by atoms with Crippen LogP contribution in [-0.4, -0.2) is 15.0 Å². The fourth-order valence-corrected chi connectivity index (χ4v) is 2.81. The van der Waals surface area contributed by atoms with E-state index in [-0.39, 0.29) is 14.9 Å². The molecule has 0 spiro atoms. The summed E-state index contributed by atoms with van der Waals surface area (Å²) in [4.78, 5) is -0.218. The molecule has 0 N–H and O–H groups in total. The lowest BCUT2D eigenvalue weighted by atomic mass is 10.3. The summed E-state index contributed by atoms with van der Waals surface area (Å²) >= 11 is 11.6.